The van der Waals surface area contributed by atoms with E-state index in [-0.39, 0.29) is 5.91 Å². The lowest BCUT2D eigenvalue weighted by Gasteiger charge is -2.09. The van der Waals surface area contributed by atoms with Gasteiger partial charge in [0.25, 0.3) is 5.91 Å². The van der Waals surface area contributed by atoms with Crippen LogP contribution in [0.3, 0.4) is 0 Å². The summed E-state index contributed by atoms with van der Waals surface area (Å²) in [5.41, 5.74) is 1.86. The fourth-order valence-corrected chi connectivity index (χ4v) is 2.35. The third kappa shape index (κ3) is 3.13. The number of thiol groups is 1. The van der Waals surface area contributed by atoms with Crippen molar-refractivity contribution in [3.63, 3.8) is 0 Å². The number of hydrogen-bond acceptors (Lipinski definition) is 2. The first-order valence-electron chi connectivity index (χ1n) is 6.60. The highest BCUT2D eigenvalue weighted by atomic mass is 32.1. The molecule has 0 saturated carbocycles. The summed E-state index contributed by atoms with van der Waals surface area (Å²) in [7, 11) is 0. The molecule has 3 nitrogen and oxygen atoms in total. The molecule has 0 unspecified atom stereocenters. The Bertz CT molecular complexity index is 575. The van der Waals surface area contributed by atoms with Crippen molar-refractivity contribution in [2.45, 2.75) is 20.4 Å². The van der Waals surface area contributed by atoms with E-state index in [0.29, 0.717) is 18.2 Å². The van der Waals surface area contributed by atoms with E-state index < -0.39 is 0 Å². The molecule has 19 heavy (non-hydrogen) atoms. The highest BCUT2D eigenvalue weighted by Gasteiger charge is 2.11. The minimum absolute atomic E-state index is 0.0260. The maximum absolute atomic E-state index is 12.1. The molecule has 0 fully saturated rings. The van der Waals surface area contributed by atoms with Crippen LogP contribution in [0.1, 0.15) is 24.2 Å². The van der Waals surface area contributed by atoms with Gasteiger partial charge in [0.05, 0.1) is 0 Å². The SMILES string of the molecule is CC(C)Cn1ccc2c(C(=O)NCCS)cccc21. The normalized spacial score (nSPS) is 11.2. The monoisotopic (exact) mass is 276 g/mol. The predicted molar refractivity (Wildman–Crippen MR) is 83.0 cm³/mol. The van der Waals surface area contributed by atoms with Gasteiger partial charge in [-0.05, 0) is 24.1 Å². The van der Waals surface area contributed by atoms with Gasteiger partial charge in [-0.3, -0.25) is 4.79 Å². The van der Waals surface area contributed by atoms with Crippen molar-refractivity contribution in [2.75, 3.05) is 12.3 Å². The van der Waals surface area contributed by atoms with Crippen molar-refractivity contribution < 1.29 is 4.79 Å². The number of rotatable bonds is 5. The van der Waals surface area contributed by atoms with Crippen molar-refractivity contribution in [1.29, 1.82) is 0 Å². The molecule has 1 N–H and O–H groups in total. The lowest BCUT2D eigenvalue weighted by atomic mass is 10.1. The van der Waals surface area contributed by atoms with E-state index in [1.807, 2.05) is 18.2 Å². The molecule has 2 rings (SSSR count). The van der Waals surface area contributed by atoms with Crippen LogP contribution in [0.4, 0.5) is 0 Å². The third-order valence-electron chi connectivity index (χ3n) is 3.02. The summed E-state index contributed by atoms with van der Waals surface area (Å²) in [5.74, 6) is 1.20. The molecule has 0 spiro atoms. The lowest BCUT2D eigenvalue weighted by Crippen LogP contribution is -2.25. The van der Waals surface area contributed by atoms with Crippen LogP contribution in [0.5, 0.6) is 0 Å². The molecule has 1 aromatic heterocycles. The Hall–Kier alpha value is -1.42. The quantitative estimate of drug-likeness (QED) is 0.809. The zero-order valence-corrected chi connectivity index (χ0v) is 12.3. The summed E-state index contributed by atoms with van der Waals surface area (Å²) >= 11 is 4.10. The number of benzene rings is 1. The highest BCUT2D eigenvalue weighted by molar-refractivity contribution is 7.80. The van der Waals surface area contributed by atoms with Gasteiger partial charge in [0.1, 0.15) is 0 Å². The van der Waals surface area contributed by atoms with Crippen molar-refractivity contribution in [3.8, 4) is 0 Å². The molecule has 102 valence electrons. The molecular formula is C15H20N2OS. The average Bonchev–Trinajstić information content (AvgIpc) is 2.78. The minimum atomic E-state index is -0.0260. The number of aromatic nitrogens is 1. The second-order valence-corrected chi connectivity index (χ2v) is 5.53. The van der Waals surface area contributed by atoms with Crippen LogP contribution in [0, 0.1) is 5.92 Å². The van der Waals surface area contributed by atoms with Crippen LogP contribution in [-0.2, 0) is 6.54 Å². The molecule has 1 aromatic carbocycles. The molecule has 0 aliphatic heterocycles. The molecule has 1 amide bonds. The van der Waals surface area contributed by atoms with Crippen molar-refractivity contribution >= 4 is 29.4 Å². The van der Waals surface area contributed by atoms with Gasteiger partial charge in [0.2, 0.25) is 0 Å². The third-order valence-corrected chi connectivity index (χ3v) is 3.24. The van der Waals surface area contributed by atoms with Gasteiger partial charge in [-0.1, -0.05) is 19.9 Å². The van der Waals surface area contributed by atoms with Gasteiger partial charge in [-0.25, -0.2) is 0 Å². The molecule has 0 aliphatic rings. The highest BCUT2D eigenvalue weighted by Crippen LogP contribution is 2.21. The number of nitrogens with one attached hydrogen (secondary N) is 1. The second kappa shape index (κ2) is 6.15. The summed E-state index contributed by atoms with van der Waals surface area (Å²) in [4.78, 5) is 12.1. The van der Waals surface area contributed by atoms with Gasteiger partial charge in [-0.2, -0.15) is 12.6 Å². The first kappa shape index (κ1) is 14.0. The van der Waals surface area contributed by atoms with E-state index >= 15 is 0 Å². The van der Waals surface area contributed by atoms with Crippen LogP contribution in [-0.4, -0.2) is 22.8 Å². The van der Waals surface area contributed by atoms with Gasteiger partial charge >= 0.3 is 0 Å². The lowest BCUT2D eigenvalue weighted by molar-refractivity contribution is 0.0958. The number of amides is 1. The molecule has 4 heteroatoms. The largest absolute Gasteiger partial charge is 0.351 e. The molecule has 0 aliphatic carbocycles. The number of fused-ring (bicyclic) bond motifs is 1. The fraction of sp³-hybridized carbons (Fsp3) is 0.400. The molecule has 0 radical (unpaired) electrons. The van der Waals surface area contributed by atoms with E-state index in [1.54, 1.807) is 0 Å². The van der Waals surface area contributed by atoms with E-state index in [0.717, 1.165) is 23.0 Å². The molecule has 2 aromatic rings. The number of nitrogens with zero attached hydrogens (tertiary/aromatic N) is 1. The van der Waals surface area contributed by atoms with Crippen LogP contribution < -0.4 is 5.32 Å². The van der Waals surface area contributed by atoms with E-state index in [9.17, 15) is 4.79 Å². The second-order valence-electron chi connectivity index (χ2n) is 5.08. The maximum Gasteiger partial charge on any atom is 0.251 e. The number of carbonyl (C=O) groups is 1. The minimum Gasteiger partial charge on any atom is -0.351 e. The first-order chi connectivity index (χ1) is 9.13. The average molecular weight is 276 g/mol. The standard InChI is InChI=1S/C15H20N2OS/c1-11(2)10-17-8-6-12-13(4-3-5-14(12)17)15(18)16-7-9-19/h3-6,8,11,19H,7,9-10H2,1-2H3,(H,16,18). The maximum atomic E-state index is 12.1. The van der Waals surface area contributed by atoms with Crippen molar-refractivity contribution in [1.82, 2.24) is 9.88 Å². The van der Waals surface area contributed by atoms with Crippen molar-refractivity contribution in [2.24, 2.45) is 5.92 Å². The fourth-order valence-electron chi connectivity index (χ4n) is 2.24. The van der Waals surface area contributed by atoms with Crippen LogP contribution in [0.15, 0.2) is 30.5 Å². The summed E-state index contributed by atoms with van der Waals surface area (Å²) in [5, 5.41) is 3.88. The first-order valence-corrected chi connectivity index (χ1v) is 7.23. The molecule has 0 bridgehead atoms. The van der Waals surface area contributed by atoms with Gasteiger partial charge in [-0.15, -0.1) is 0 Å². The van der Waals surface area contributed by atoms with Crippen LogP contribution >= 0.6 is 12.6 Å². The van der Waals surface area contributed by atoms with E-state index in [4.69, 9.17) is 0 Å². The Morgan fingerprint density at radius 1 is 1.37 bits per heavy atom. The van der Waals surface area contributed by atoms with Gasteiger partial charge in [0.15, 0.2) is 0 Å². The summed E-state index contributed by atoms with van der Waals surface area (Å²) < 4.78 is 2.20. The predicted octanol–water partition coefficient (Wildman–Crippen LogP) is 2.96. The van der Waals surface area contributed by atoms with Gasteiger partial charge < -0.3 is 9.88 Å². The molecular weight excluding hydrogens is 256 g/mol. The Labute approximate surface area is 119 Å². The molecule has 0 atom stereocenters. The number of hydrogen-bond donors (Lipinski definition) is 2. The zero-order chi connectivity index (χ0) is 13.8. The Kier molecular flexibility index (Phi) is 4.53. The summed E-state index contributed by atoms with van der Waals surface area (Å²) in [6.07, 6.45) is 2.06. The summed E-state index contributed by atoms with van der Waals surface area (Å²) in [6.45, 7) is 5.93. The summed E-state index contributed by atoms with van der Waals surface area (Å²) in [6, 6.07) is 7.89. The van der Waals surface area contributed by atoms with E-state index in [2.05, 4.69) is 48.6 Å². The Morgan fingerprint density at radius 2 is 2.16 bits per heavy atom. The zero-order valence-electron chi connectivity index (χ0n) is 11.4. The topological polar surface area (TPSA) is 34.0 Å². The van der Waals surface area contributed by atoms with Crippen molar-refractivity contribution in [3.05, 3.63) is 36.0 Å². The number of carbonyl (C=O) groups excluding carboxylic acids is 1. The van der Waals surface area contributed by atoms with Crippen LogP contribution in [0.2, 0.25) is 0 Å². The Morgan fingerprint density at radius 3 is 2.84 bits per heavy atom. The van der Waals surface area contributed by atoms with Gasteiger partial charge in [0, 0.05) is 41.5 Å². The van der Waals surface area contributed by atoms with E-state index in [1.165, 1.54) is 0 Å². The smallest absolute Gasteiger partial charge is 0.251 e. The Balaban J connectivity index is 2.36. The molecule has 1 heterocycles. The molecule has 0 saturated heterocycles. The van der Waals surface area contributed by atoms with Crippen LogP contribution in [0.25, 0.3) is 10.9 Å².